The number of para-hydroxylation sites is 1. The van der Waals surface area contributed by atoms with Gasteiger partial charge in [-0.05, 0) is 31.5 Å². The van der Waals surface area contributed by atoms with Gasteiger partial charge >= 0.3 is 5.97 Å². The number of thiophene rings is 1. The van der Waals surface area contributed by atoms with Crippen LogP contribution in [0, 0.1) is 0 Å². The number of hydrogen-bond acceptors (Lipinski definition) is 5. The lowest BCUT2D eigenvalue weighted by atomic mass is 10.1. The summed E-state index contributed by atoms with van der Waals surface area (Å²) in [6, 6.07) is 16.7. The average molecular weight is 383 g/mol. The molecule has 1 aromatic heterocycles. The summed E-state index contributed by atoms with van der Waals surface area (Å²) < 4.78 is 11.9. The third kappa shape index (κ3) is 4.28. The molecule has 1 atom stereocenters. The summed E-state index contributed by atoms with van der Waals surface area (Å²) in [5.74, 6) is -0.109. The molecule has 6 heteroatoms. The summed E-state index contributed by atoms with van der Waals surface area (Å²) in [6.07, 6.45) is -0.159. The highest BCUT2D eigenvalue weighted by Crippen LogP contribution is 2.36. The van der Waals surface area contributed by atoms with Crippen LogP contribution in [0.15, 0.2) is 54.6 Å². The Morgan fingerprint density at radius 1 is 1.04 bits per heavy atom. The Hall–Kier alpha value is -2.86. The maximum absolute atomic E-state index is 12.8. The topological polar surface area (TPSA) is 64.6 Å². The third-order valence-corrected chi connectivity index (χ3v) is 5.08. The van der Waals surface area contributed by atoms with Crippen LogP contribution in [0.2, 0.25) is 0 Å². The second kappa shape index (κ2) is 8.68. The van der Waals surface area contributed by atoms with Crippen molar-refractivity contribution in [3.05, 3.63) is 60.2 Å². The van der Waals surface area contributed by atoms with Crippen molar-refractivity contribution >= 4 is 38.3 Å². The van der Waals surface area contributed by atoms with Crippen LogP contribution in [-0.2, 0) is 9.53 Å². The van der Waals surface area contributed by atoms with Gasteiger partial charge in [0, 0.05) is 10.1 Å². The summed E-state index contributed by atoms with van der Waals surface area (Å²) >= 11 is 1.35. The number of carbonyl (C=O) groups is 2. The molecule has 0 aliphatic rings. The van der Waals surface area contributed by atoms with Crippen LogP contribution in [0.3, 0.4) is 0 Å². The molecular formula is C21H21NO4S. The zero-order chi connectivity index (χ0) is 19.2. The molecule has 1 unspecified atom stereocenters. The molecule has 1 amide bonds. The van der Waals surface area contributed by atoms with Crippen LogP contribution in [0.1, 0.15) is 30.6 Å². The number of anilines is 1. The van der Waals surface area contributed by atoms with Crippen LogP contribution in [0.5, 0.6) is 5.75 Å². The SMILES string of the molecule is CCOC(=O)c1c(NC(=O)C(CC)Oc2ccccc2)sc2ccccc12. The lowest BCUT2D eigenvalue weighted by molar-refractivity contribution is -0.122. The van der Waals surface area contributed by atoms with Crippen molar-refractivity contribution in [2.75, 3.05) is 11.9 Å². The predicted molar refractivity (Wildman–Crippen MR) is 108 cm³/mol. The van der Waals surface area contributed by atoms with Gasteiger partial charge in [-0.1, -0.05) is 43.3 Å². The molecule has 3 aromatic rings. The normalized spacial score (nSPS) is 11.8. The average Bonchev–Trinajstić information content (AvgIpc) is 3.04. The molecule has 5 nitrogen and oxygen atoms in total. The molecule has 1 N–H and O–H groups in total. The fraction of sp³-hybridized carbons (Fsp3) is 0.238. The summed E-state index contributed by atoms with van der Waals surface area (Å²) in [4.78, 5) is 25.2. The minimum atomic E-state index is -0.660. The van der Waals surface area contributed by atoms with E-state index >= 15 is 0 Å². The molecule has 3 rings (SSSR count). The van der Waals surface area contributed by atoms with Crippen molar-refractivity contribution in [1.82, 2.24) is 0 Å². The summed E-state index contributed by atoms with van der Waals surface area (Å²) in [5.41, 5.74) is 0.389. The number of nitrogens with one attached hydrogen (secondary N) is 1. The zero-order valence-electron chi connectivity index (χ0n) is 15.2. The number of rotatable bonds is 7. The van der Waals surface area contributed by atoms with E-state index in [0.29, 0.717) is 22.7 Å². The van der Waals surface area contributed by atoms with Crippen molar-refractivity contribution < 1.29 is 19.1 Å². The van der Waals surface area contributed by atoms with Crippen molar-refractivity contribution in [3.63, 3.8) is 0 Å². The Labute approximate surface area is 161 Å². The smallest absolute Gasteiger partial charge is 0.341 e. The lowest BCUT2D eigenvalue weighted by Gasteiger charge is -2.17. The van der Waals surface area contributed by atoms with Crippen LogP contribution < -0.4 is 10.1 Å². The number of ether oxygens (including phenoxy) is 2. The molecule has 0 fully saturated rings. The Morgan fingerprint density at radius 3 is 2.44 bits per heavy atom. The Morgan fingerprint density at radius 2 is 1.74 bits per heavy atom. The van der Waals surface area contributed by atoms with E-state index < -0.39 is 12.1 Å². The first-order chi connectivity index (χ1) is 13.1. The van der Waals surface area contributed by atoms with Crippen molar-refractivity contribution in [2.24, 2.45) is 0 Å². The van der Waals surface area contributed by atoms with Crippen molar-refractivity contribution in [1.29, 1.82) is 0 Å². The molecule has 0 aliphatic carbocycles. The molecule has 0 saturated carbocycles. The quantitative estimate of drug-likeness (QED) is 0.591. The van der Waals surface area contributed by atoms with E-state index in [0.717, 1.165) is 10.1 Å². The fourth-order valence-electron chi connectivity index (χ4n) is 2.72. The van der Waals surface area contributed by atoms with E-state index in [4.69, 9.17) is 9.47 Å². The first-order valence-electron chi connectivity index (χ1n) is 8.85. The second-order valence-electron chi connectivity index (χ2n) is 5.84. The summed E-state index contributed by atoms with van der Waals surface area (Å²) in [7, 11) is 0. The number of amides is 1. The van der Waals surface area contributed by atoms with Gasteiger partial charge < -0.3 is 14.8 Å². The van der Waals surface area contributed by atoms with E-state index in [9.17, 15) is 9.59 Å². The van der Waals surface area contributed by atoms with Gasteiger partial charge in [-0.15, -0.1) is 11.3 Å². The van der Waals surface area contributed by atoms with E-state index in [2.05, 4.69) is 5.32 Å². The van der Waals surface area contributed by atoms with Crippen LogP contribution in [0.4, 0.5) is 5.00 Å². The van der Waals surface area contributed by atoms with Gasteiger partial charge in [0.1, 0.15) is 16.3 Å². The van der Waals surface area contributed by atoms with E-state index in [1.54, 1.807) is 19.1 Å². The van der Waals surface area contributed by atoms with Gasteiger partial charge in [0.15, 0.2) is 6.10 Å². The van der Waals surface area contributed by atoms with Gasteiger partial charge in [-0.3, -0.25) is 4.79 Å². The molecule has 0 bridgehead atoms. The predicted octanol–water partition coefficient (Wildman–Crippen LogP) is 4.87. The Bertz CT molecular complexity index is 936. The number of fused-ring (bicyclic) bond motifs is 1. The Balaban J connectivity index is 1.87. The molecule has 1 heterocycles. The number of hydrogen-bond donors (Lipinski definition) is 1. The maximum Gasteiger partial charge on any atom is 0.341 e. The third-order valence-electron chi connectivity index (χ3n) is 4.00. The molecule has 0 saturated heterocycles. The minimum absolute atomic E-state index is 0.269. The Kier molecular flexibility index (Phi) is 6.08. The highest BCUT2D eigenvalue weighted by atomic mass is 32.1. The zero-order valence-corrected chi connectivity index (χ0v) is 16.0. The molecule has 0 aliphatic heterocycles. The number of esters is 1. The standard InChI is InChI=1S/C21H21NO4S/c1-3-16(26-14-10-6-5-7-11-14)19(23)22-20-18(21(24)25-4-2)15-12-8-9-13-17(15)27-20/h5-13,16H,3-4H2,1-2H3,(H,22,23). The molecule has 2 aromatic carbocycles. The van der Waals surface area contributed by atoms with Crippen LogP contribution >= 0.6 is 11.3 Å². The fourth-order valence-corrected chi connectivity index (χ4v) is 3.81. The van der Waals surface area contributed by atoms with Gasteiger partial charge in [0.2, 0.25) is 0 Å². The monoisotopic (exact) mass is 383 g/mol. The molecule has 0 radical (unpaired) electrons. The molecule has 140 valence electrons. The molecular weight excluding hydrogens is 362 g/mol. The number of carbonyl (C=O) groups excluding carboxylic acids is 2. The van der Waals surface area contributed by atoms with Gasteiger partial charge in [0.05, 0.1) is 6.61 Å². The summed E-state index contributed by atoms with van der Waals surface area (Å²) in [5, 5.41) is 4.12. The lowest BCUT2D eigenvalue weighted by Crippen LogP contribution is -2.32. The molecule has 27 heavy (non-hydrogen) atoms. The summed E-state index contributed by atoms with van der Waals surface area (Å²) in [6.45, 7) is 3.90. The van der Waals surface area contributed by atoms with Gasteiger partial charge in [-0.2, -0.15) is 0 Å². The highest BCUT2D eigenvalue weighted by Gasteiger charge is 2.25. The minimum Gasteiger partial charge on any atom is -0.481 e. The van der Waals surface area contributed by atoms with Crippen molar-refractivity contribution in [2.45, 2.75) is 26.4 Å². The second-order valence-corrected chi connectivity index (χ2v) is 6.89. The van der Waals surface area contributed by atoms with Crippen molar-refractivity contribution in [3.8, 4) is 5.75 Å². The molecule has 0 spiro atoms. The number of benzene rings is 2. The highest BCUT2D eigenvalue weighted by molar-refractivity contribution is 7.23. The van der Waals surface area contributed by atoms with Gasteiger partial charge in [-0.25, -0.2) is 4.79 Å². The van der Waals surface area contributed by atoms with E-state index in [1.807, 2.05) is 49.4 Å². The van der Waals surface area contributed by atoms with Crippen LogP contribution in [-0.4, -0.2) is 24.6 Å². The largest absolute Gasteiger partial charge is 0.481 e. The first-order valence-corrected chi connectivity index (χ1v) is 9.66. The van der Waals surface area contributed by atoms with Crippen LogP contribution in [0.25, 0.3) is 10.1 Å². The van der Waals surface area contributed by atoms with E-state index in [1.165, 1.54) is 11.3 Å². The van der Waals surface area contributed by atoms with Gasteiger partial charge in [0.25, 0.3) is 5.91 Å². The maximum atomic E-state index is 12.8. The first kappa shape index (κ1) is 18.9. The van der Waals surface area contributed by atoms with E-state index in [-0.39, 0.29) is 12.5 Å².